The van der Waals surface area contributed by atoms with Crippen LogP contribution in [0.2, 0.25) is 10.0 Å². The Morgan fingerprint density at radius 3 is 1.40 bits per heavy atom. The van der Waals surface area contributed by atoms with E-state index in [2.05, 4.69) is 0 Å². The Morgan fingerprint density at radius 2 is 1.10 bits per heavy atom. The van der Waals surface area contributed by atoms with E-state index in [9.17, 15) is 0 Å². The summed E-state index contributed by atoms with van der Waals surface area (Å²) in [7, 11) is 3.01. The van der Waals surface area contributed by atoms with Gasteiger partial charge in [-0.25, -0.2) is 0 Å². The molecule has 0 atom stereocenters. The Bertz CT molecular complexity index is 603. The molecule has 0 aliphatic heterocycles. The lowest BCUT2D eigenvalue weighted by molar-refractivity contribution is 0.416. The van der Waals surface area contributed by atoms with Gasteiger partial charge in [-0.1, -0.05) is 35.3 Å². The van der Waals surface area contributed by atoms with Crippen molar-refractivity contribution in [1.29, 1.82) is 0 Å². The molecular weight excluding hydrogens is 299 g/mol. The van der Waals surface area contributed by atoms with Crippen molar-refractivity contribution in [1.82, 2.24) is 0 Å². The lowest BCUT2D eigenvalue weighted by Gasteiger charge is -2.15. The van der Waals surface area contributed by atoms with E-state index < -0.39 is 0 Å². The van der Waals surface area contributed by atoms with Gasteiger partial charge >= 0.3 is 0 Å². The fraction of sp³-hybridized carbons (Fsp3) is 0.143. The molecule has 0 bridgehead atoms. The number of hydrogen-bond acceptors (Lipinski definition) is 4. The third-order valence-corrected chi connectivity index (χ3v) is 3.70. The van der Waals surface area contributed by atoms with Crippen LogP contribution in [0, 0.1) is 0 Å². The van der Waals surface area contributed by atoms with Gasteiger partial charge in [0, 0.05) is 11.1 Å². The van der Waals surface area contributed by atoms with Gasteiger partial charge in [-0.15, -0.1) is 0 Å². The van der Waals surface area contributed by atoms with Crippen molar-refractivity contribution < 1.29 is 9.47 Å². The predicted molar refractivity (Wildman–Crippen MR) is 83.8 cm³/mol. The number of rotatable bonds is 3. The molecule has 0 aliphatic rings. The fourth-order valence-electron chi connectivity index (χ4n) is 1.97. The van der Waals surface area contributed by atoms with Crippen LogP contribution in [-0.4, -0.2) is 14.2 Å². The maximum atomic E-state index is 6.32. The molecule has 0 amide bonds. The molecule has 2 aromatic carbocycles. The third-order valence-electron chi connectivity index (χ3n) is 2.95. The number of ether oxygens (including phenoxy) is 2. The number of nitrogens with two attached hydrogens (primary N) is 2. The van der Waals surface area contributed by atoms with Crippen LogP contribution in [0.3, 0.4) is 0 Å². The van der Waals surface area contributed by atoms with Crippen LogP contribution in [0.4, 0.5) is 11.4 Å². The zero-order valence-electron chi connectivity index (χ0n) is 11.0. The molecule has 20 heavy (non-hydrogen) atoms. The molecule has 6 heteroatoms. The summed E-state index contributed by atoms with van der Waals surface area (Å²) in [6.45, 7) is 0. The molecule has 0 saturated heterocycles. The Hall–Kier alpha value is -1.78. The van der Waals surface area contributed by atoms with E-state index >= 15 is 0 Å². The zero-order valence-corrected chi connectivity index (χ0v) is 12.5. The normalized spacial score (nSPS) is 10.4. The number of benzene rings is 2. The molecule has 106 valence electrons. The molecule has 4 nitrogen and oxygen atoms in total. The number of nitrogen functional groups attached to an aromatic ring is 2. The average molecular weight is 313 g/mol. The van der Waals surface area contributed by atoms with E-state index in [1.54, 1.807) is 24.3 Å². The number of methoxy groups -OCH3 is 2. The number of halogens is 2. The van der Waals surface area contributed by atoms with Crippen LogP contribution in [0.25, 0.3) is 11.1 Å². The third kappa shape index (κ3) is 2.32. The van der Waals surface area contributed by atoms with Crippen molar-refractivity contribution in [3.05, 3.63) is 34.3 Å². The molecule has 4 N–H and O–H groups in total. The van der Waals surface area contributed by atoms with Crippen molar-refractivity contribution in [2.24, 2.45) is 0 Å². The van der Waals surface area contributed by atoms with Gasteiger partial charge in [0.15, 0.2) is 11.5 Å². The van der Waals surface area contributed by atoms with E-state index in [-0.39, 0.29) is 0 Å². The summed E-state index contributed by atoms with van der Waals surface area (Å²) >= 11 is 12.6. The second-order valence-electron chi connectivity index (χ2n) is 4.10. The summed E-state index contributed by atoms with van der Waals surface area (Å²) in [6.07, 6.45) is 0. The van der Waals surface area contributed by atoms with Crippen LogP contribution in [0.1, 0.15) is 0 Å². The van der Waals surface area contributed by atoms with Gasteiger partial charge in [0.2, 0.25) is 0 Å². The van der Waals surface area contributed by atoms with Crippen LogP contribution < -0.4 is 20.9 Å². The van der Waals surface area contributed by atoms with Crippen molar-refractivity contribution in [2.45, 2.75) is 0 Å². The van der Waals surface area contributed by atoms with Gasteiger partial charge in [0.25, 0.3) is 0 Å². The van der Waals surface area contributed by atoms with Crippen LogP contribution in [0.5, 0.6) is 11.5 Å². The second kappa shape index (κ2) is 5.69. The Kier molecular flexibility index (Phi) is 4.16. The summed E-state index contributed by atoms with van der Waals surface area (Å²) in [5.41, 5.74) is 13.9. The fourth-order valence-corrected chi connectivity index (χ4v) is 2.68. The van der Waals surface area contributed by atoms with Crippen LogP contribution >= 0.6 is 23.2 Å². The molecule has 0 aliphatic carbocycles. The summed E-state index contributed by atoms with van der Waals surface area (Å²) in [5.74, 6) is 0.826. The monoisotopic (exact) mass is 312 g/mol. The van der Waals surface area contributed by atoms with E-state index in [0.717, 1.165) is 0 Å². The second-order valence-corrected chi connectivity index (χ2v) is 4.86. The first-order chi connectivity index (χ1) is 9.51. The lowest BCUT2D eigenvalue weighted by atomic mass is 10.0. The van der Waals surface area contributed by atoms with Gasteiger partial charge in [-0.05, 0) is 12.1 Å². The minimum Gasteiger partial charge on any atom is -0.493 e. The minimum absolute atomic E-state index is 0.390. The van der Waals surface area contributed by atoms with Gasteiger partial charge in [-0.3, -0.25) is 0 Å². The Labute approximate surface area is 127 Å². The van der Waals surface area contributed by atoms with E-state index in [4.69, 9.17) is 44.1 Å². The largest absolute Gasteiger partial charge is 0.493 e. The van der Waals surface area contributed by atoms with Gasteiger partial charge < -0.3 is 20.9 Å². The molecule has 0 heterocycles. The van der Waals surface area contributed by atoms with Crippen molar-refractivity contribution in [3.63, 3.8) is 0 Å². The molecule has 0 radical (unpaired) electrons. The molecule has 0 unspecified atom stereocenters. The SMILES string of the molecule is COc1c(N)ccc(-c2ccc(N)c(OC)c2Cl)c1Cl. The Morgan fingerprint density at radius 1 is 0.750 bits per heavy atom. The minimum atomic E-state index is 0.390. The molecule has 2 aromatic rings. The molecule has 0 spiro atoms. The topological polar surface area (TPSA) is 70.5 Å². The highest BCUT2D eigenvalue weighted by Gasteiger charge is 2.17. The van der Waals surface area contributed by atoms with Gasteiger partial charge in [0.05, 0.1) is 35.6 Å². The predicted octanol–water partition coefficient (Wildman–Crippen LogP) is 3.84. The highest BCUT2D eigenvalue weighted by atomic mass is 35.5. The smallest absolute Gasteiger partial charge is 0.160 e. The highest BCUT2D eigenvalue weighted by Crippen LogP contribution is 2.45. The number of hydrogen-bond donors (Lipinski definition) is 2. The summed E-state index contributed by atoms with van der Waals surface area (Å²) in [5, 5.41) is 0.780. The van der Waals surface area contributed by atoms with Gasteiger partial charge in [0.1, 0.15) is 0 Å². The first kappa shape index (κ1) is 14.6. The molecular formula is C14H14Cl2N2O2. The number of anilines is 2. The standard InChI is InChI=1S/C14H14Cl2N2O2/c1-19-13-9(17)5-3-7(11(13)15)8-4-6-10(18)14(20-2)12(8)16/h3-6H,17-18H2,1-2H3. The highest BCUT2D eigenvalue weighted by molar-refractivity contribution is 6.38. The lowest BCUT2D eigenvalue weighted by Crippen LogP contribution is -1.97. The first-order valence-electron chi connectivity index (χ1n) is 5.75. The van der Waals surface area contributed by atoms with E-state index in [1.165, 1.54) is 14.2 Å². The molecule has 0 saturated carbocycles. The van der Waals surface area contributed by atoms with Gasteiger partial charge in [-0.2, -0.15) is 0 Å². The van der Waals surface area contributed by atoms with Crippen LogP contribution in [0.15, 0.2) is 24.3 Å². The maximum absolute atomic E-state index is 6.32. The van der Waals surface area contributed by atoms with E-state index in [0.29, 0.717) is 44.0 Å². The zero-order chi connectivity index (χ0) is 14.9. The van der Waals surface area contributed by atoms with Crippen molar-refractivity contribution in [2.75, 3.05) is 25.7 Å². The summed E-state index contributed by atoms with van der Waals surface area (Å²) < 4.78 is 10.4. The summed E-state index contributed by atoms with van der Waals surface area (Å²) in [4.78, 5) is 0. The van der Waals surface area contributed by atoms with Crippen LogP contribution in [-0.2, 0) is 0 Å². The van der Waals surface area contributed by atoms with E-state index in [1.807, 2.05) is 0 Å². The molecule has 2 rings (SSSR count). The first-order valence-corrected chi connectivity index (χ1v) is 6.51. The maximum Gasteiger partial charge on any atom is 0.160 e. The molecule has 0 aromatic heterocycles. The molecule has 0 fully saturated rings. The quantitative estimate of drug-likeness (QED) is 0.845. The van der Waals surface area contributed by atoms with Crippen molar-refractivity contribution >= 4 is 34.6 Å². The summed E-state index contributed by atoms with van der Waals surface area (Å²) in [6, 6.07) is 6.96. The average Bonchev–Trinajstić information content (AvgIpc) is 2.41. The van der Waals surface area contributed by atoms with Crippen molar-refractivity contribution in [3.8, 4) is 22.6 Å². The Balaban J connectivity index is 2.70.